The molecule has 0 saturated carbocycles. The number of piperazine rings is 1. The molecule has 1 atom stereocenters. The zero-order valence-electron chi connectivity index (χ0n) is 11.8. The Kier molecular flexibility index (Phi) is 4.07. The van der Waals surface area contributed by atoms with Gasteiger partial charge < -0.3 is 10.2 Å². The van der Waals surface area contributed by atoms with Gasteiger partial charge in [-0.05, 0) is 25.1 Å². The van der Waals surface area contributed by atoms with E-state index in [1.54, 1.807) is 17.1 Å². The Morgan fingerprint density at radius 1 is 1.48 bits per heavy atom. The van der Waals surface area contributed by atoms with Gasteiger partial charge in [-0.3, -0.25) is 4.79 Å². The molecule has 110 valence electrons. The molecule has 1 saturated heterocycles. The number of aromatic nitrogens is 2. The second-order valence-corrected chi connectivity index (χ2v) is 6.18. The summed E-state index contributed by atoms with van der Waals surface area (Å²) in [6.07, 6.45) is 3.42. The number of halogens is 1. The fourth-order valence-electron chi connectivity index (χ4n) is 2.49. The summed E-state index contributed by atoms with van der Waals surface area (Å²) in [5, 5.41) is 7.63. The van der Waals surface area contributed by atoms with Crippen LogP contribution in [-0.2, 0) is 0 Å². The highest BCUT2D eigenvalue weighted by atomic mass is 79.9. The van der Waals surface area contributed by atoms with Crippen molar-refractivity contribution in [1.29, 1.82) is 0 Å². The molecule has 0 bridgehead atoms. The largest absolute Gasteiger partial charge is 0.336 e. The minimum Gasteiger partial charge on any atom is -0.336 e. The van der Waals surface area contributed by atoms with Crippen molar-refractivity contribution in [1.82, 2.24) is 20.0 Å². The van der Waals surface area contributed by atoms with Gasteiger partial charge >= 0.3 is 0 Å². The van der Waals surface area contributed by atoms with E-state index in [0.717, 1.165) is 29.8 Å². The molecular formula is C15H17BrN4O. The molecule has 6 heteroatoms. The summed E-state index contributed by atoms with van der Waals surface area (Å²) in [6.45, 7) is 4.41. The molecule has 0 unspecified atom stereocenters. The van der Waals surface area contributed by atoms with Crippen LogP contribution in [0.2, 0.25) is 0 Å². The Morgan fingerprint density at radius 3 is 3.10 bits per heavy atom. The molecule has 0 spiro atoms. The third-order valence-electron chi connectivity index (χ3n) is 3.56. The monoisotopic (exact) mass is 348 g/mol. The van der Waals surface area contributed by atoms with Crippen LogP contribution in [0.15, 0.2) is 41.1 Å². The fourth-order valence-corrected chi connectivity index (χ4v) is 2.88. The Balaban J connectivity index is 1.80. The lowest BCUT2D eigenvalue weighted by atomic mass is 10.2. The minimum atomic E-state index is 0.0459. The lowest BCUT2D eigenvalue weighted by Crippen LogP contribution is -2.51. The summed E-state index contributed by atoms with van der Waals surface area (Å²) in [7, 11) is 0. The number of carbonyl (C=O) groups is 1. The first kappa shape index (κ1) is 14.3. The van der Waals surface area contributed by atoms with E-state index >= 15 is 0 Å². The van der Waals surface area contributed by atoms with Crippen molar-refractivity contribution in [2.24, 2.45) is 0 Å². The third-order valence-corrected chi connectivity index (χ3v) is 4.05. The Labute approximate surface area is 132 Å². The van der Waals surface area contributed by atoms with E-state index in [1.165, 1.54) is 0 Å². The predicted octanol–water partition coefficient (Wildman–Crippen LogP) is 2.07. The zero-order valence-corrected chi connectivity index (χ0v) is 13.4. The fraction of sp³-hybridized carbons (Fsp3) is 0.333. The molecule has 3 rings (SSSR count). The van der Waals surface area contributed by atoms with Gasteiger partial charge in [0.1, 0.15) is 0 Å². The molecule has 0 radical (unpaired) electrons. The average molecular weight is 349 g/mol. The summed E-state index contributed by atoms with van der Waals surface area (Å²) in [4.78, 5) is 14.4. The van der Waals surface area contributed by atoms with Gasteiger partial charge in [0.15, 0.2) is 0 Å². The molecule has 21 heavy (non-hydrogen) atoms. The van der Waals surface area contributed by atoms with Crippen LogP contribution in [0.4, 0.5) is 0 Å². The summed E-state index contributed by atoms with van der Waals surface area (Å²) < 4.78 is 2.71. The second kappa shape index (κ2) is 5.99. The van der Waals surface area contributed by atoms with Gasteiger partial charge in [0.2, 0.25) is 0 Å². The first-order valence-electron chi connectivity index (χ1n) is 6.97. The molecule has 5 nitrogen and oxygen atoms in total. The molecular weight excluding hydrogens is 332 g/mol. The smallest absolute Gasteiger partial charge is 0.257 e. The van der Waals surface area contributed by atoms with Crippen LogP contribution in [0.3, 0.4) is 0 Å². The highest BCUT2D eigenvalue weighted by Crippen LogP contribution is 2.16. The molecule has 1 aromatic carbocycles. The van der Waals surface area contributed by atoms with Gasteiger partial charge in [0, 0.05) is 36.3 Å². The number of nitrogens with one attached hydrogen (secondary N) is 1. The quantitative estimate of drug-likeness (QED) is 0.903. The highest BCUT2D eigenvalue weighted by molar-refractivity contribution is 9.10. The van der Waals surface area contributed by atoms with E-state index in [1.807, 2.05) is 29.2 Å². The summed E-state index contributed by atoms with van der Waals surface area (Å²) >= 11 is 3.44. The molecule has 1 fully saturated rings. The first-order valence-corrected chi connectivity index (χ1v) is 7.76. The average Bonchev–Trinajstić information content (AvgIpc) is 2.96. The van der Waals surface area contributed by atoms with Gasteiger partial charge in [-0.15, -0.1) is 0 Å². The molecule has 1 aliphatic heterocycles. The van der Waals surface area contributed by atoms with Crippen LogP contribution in [0.25, 0.3) is 5.69 Å². The van der Waals surface area contributed by atoms with Crippen molar-refractivity contribution in [3.05, 3.63) is 46.7 Å². The maximum absolute atomic E-state index is 12.5. The van der Waals surface area contributed by atoms with Crippen LogP contribution >= 0.6 is 15.9 Å². The van der Waals surface area contributed by atoms with Crippen LogP contribution in [0.5, 0.6) is 0 Å². The maximum atomic E-state index is 12.5. The highest BCUT2D eigenvalue weighted by Gasteiger charge is 2.22. The topological polar surface area (TPSA) is 50.2 Å². The molecule has 2 aromatic rings. The SMILES string of the molecule is C[C@@H]1CN(C(=O)c2cnn(-c3cccc(Br)c3)c2)CCN1. The standard InChI is InChI=1S/C15H17BrN4O/c1-11-9-19(6-5-17-11)15(21)12-8-18-20(10-12)14-4-2-3-13(16)7-14/h2-4,7-8,10-11,17H,5-6,9H2,1H3/t11-/m1/s1. The van der Waals surface area contributed by atoms with Gasteiger partial charge in [-0.25, -0.2) is 4.68 Å². The van der Waals surface area contributed by atoms with Crippen LogP contribution in [0.1, 0.15) is 17.3 Å². The number of carbonyl (C=O) groups excluding carboxylic acids is 1. The van der Waals surface area contributed by atoms with E-state index < -0.39 is 0 Å². The number of rotatable bonds is 2. The third kappa shape index (κ3) is 3.16. The molecule has 2 heterocycles. The van der Waals surface area contributed by atoms with Crippen molar-refractivity contribution in [3.63, 3.8) is 0 Å². The van der Waals surface area contributed by atoms with Crippen molar-refractivity contribution in [2.75, 3.05) is 19.6 Å². The minimum absolute atomic E-state index is 0.0459. The van der Waals surface area contributed by atoms with Gasteiger partial charge in [0.05, 0.1) is 17.4 Å². The lowest BCUT2D eigenvalue weighted by Gasteiger charge is -2.31. The maximum Gasteiger partial charge on any atom is 0.257 e. The summed E-state index contributed by atoms with van der Waals surface area (Å²) in [5.41, 5.74) is 1.56. The summed E-state index contributed by atoms with van der Waals surface area (Å²) in [5.74, 6) is 0.0459. The Bertz CT molecular complexity index is 655. The number of nitrogens with zero attached hydrogens (tertiary/aromatic N) is 3. The summed E-state index contributed by atoms with van der Waals surface area (Å²) in [6, 6.07) is 8.16. The van der Waals surface area contributed by atoms with E-state index in [2.05, 4.69) is 33.3 Å². The first-order chi connectivity index (χ1) is 10.1. The van der Waals surface area contributed by atoms with Crippen molar-refractivity contribution in [2.45, 2.75) is 13.0 Å². The molecule has 1 amide bonds. The van der Waals surface area contributed by atoms with Gasteiger partial charge in [-0.1, -0.05) is 22.0 Å². The van der Waals surface area contributed by atoms with Crippen molar-refractivity contribution in [3.8, 4) is 5.69 Å². The van der Waals surface area contributed by atoms with Crippen molar-refractivity contribution >= 4 is 21.8 Å². The molecule has 1 aromatic heterocycles. The zero-order chi connectivity index (χ0) is 14.8. The van der Waals surface area contributed by atoms with E-state index in [-0.39, 0.29) is 5.91 Å². The normalized spacial score (nSPS) is 18.8. The van der Waals surface area contributed by atoms with E-state index in [4.69, 9.17) is 0 Å². The lowest BCUT2D eigenvalue weighted by molar-refractivity contribution is 0.0709. The van der Waals surface area contributed by atoms with Crippen LogP contribution in [0, 0.1) is 0 Å². The number of hydrogen-bond acceptors (Lipinski definition) is 3. The van der Waals surface area contributed by atoms with Gasteiger partial charge in [0.25, 0.3) is 5.91 Å². The predicted molar refractivity (Wildman–Crippen MR) is 84.6 cm³/mol. The Morgan fingerprint density at radius 2 is 2.33 bits per heavy atom. The molecule has 1 aliphatic rings. The molecule has 1 N–H and O–H groups in total. The van der Waals surface area contributed by atoms with E-state index in [0.29, 0.717) is 11.6 Å². The number of hydrogen-bond donors (Lipinski definition) is 1. The Hall–Kier alpha value is -1.66. The number of amides is 1. The van der Waals surface area contributed by atoms with Crippen molar-refractivity contribution < 1.29 is 4.79 Å². The van der Waals surface area contributed by atoms with Crippen LogP contribution < -0.4 is 5.32 Å². The number of benzene rings is 1. The van der Waals surface area contributed by atoms with Gasteiger partial charge in [-0.2, -0.15) is 5.10 Å². The molecule has 0 aliphatic carbocycles. The second-order valence-electron chi connectivity index (χ2n) is 5.26. The van der Waals surface area contributed by atoms with Crippen LogP contribution in [-0.4, -0.2) is 46.3 Å². The van der Waals surface area contributed by atoms with E-state index in [9.17, 15) is 4.79 Å².